The predicted molar refractivity (Wildman–Crippen MR) is 94.4 cm³/mol. The zero-order chi connectivity index (χ0) is 16.7. The van der Waals surface area contributed by atoms with E-state index >= 15 is 0 Å². The number of carbonyl (C=O) groups excluding carboxylic acids is 2. The monoisotopic (exact) mass is 333 g/mol. The normalized spacial score (nSPS) is 17.6. The van der Waals surface area contributed by atoms with Crippen molar-refractivity contribution in [3.8, 4) is 0 Å². The van der Waals surface area contributed by atoms with E-state index in [0.717, 1.165) is 30.8 Å². The molecule has 1 N–H and O–H groups in total. The Kier molecular flexibility index (Phi) is 6.65. The van der Waals surface area contributed by atoms with Gasteiger partial charge in [-0.1, -0.05) is 12.1 Å². The van der Waals surface area contributed by atoms with E-state index in [-0.39, 0.29) is 17.7 Å². The fourth-order valence-corrected chi connectivity index (χ4v) is 3.22. The van der Waals surface area contributed by atoms with Crippen LogP contribution in [0.2, 0.25) is 0 Å². The van der Waals surface area contributed by atoms with Crippen LogP contribution < -0.4 is 5.32 Å². The summed E-state index contributed by atoms with van der Waals surface area (Å²) in [6.07, 6.45) is 3.46. The number of aryl methyl sites for hydroxylation is 1. The molecule has 2 amide bonds. The third-order valence-electron chi connectivity index (χ3n) is 3.75. The zero-order valence-corrected chi connectivity index (χ0v) is 14.3. The maximum atomic E-state index is 12.4. The van der Waals surface area contributed by atoms with E-state index in [9.17, 15) is 9.59 Å². The van der Waals surface area contributed by atoms with E-state index in [0.29, 0.717) is 18.1 Å². The number of pyridine rings is 1. The average Bonchev–Trinajstić information content (AvgIpc) is 2.55. The van der Waals surface area contributed by atoms with Crippen molar-refractivity contribution in [2.75, 3.05) is 29.9 Å². The van der Waals surface area contributed by atoms with Gasteiger partial charge in [-0.2, -0.15) is 0 Å². The molecule has 0 aromatic carbocycles. The van der Waals surface area contributed by atoms with Crippen molar-refractivity contribution >= 4 is 29.4 Å². The molecule has 23 heavy (non-hydrogen) atoms. The van der Waals surface area contributed by atoms with Crippen molar-refractivity contribution in [3.05, 3.63) is 36.5 Å². The number of aromatic nitrogens is 1. The third kappa shape index (κ3) is 5.39. The van der Waals surface area contributed by atoms with Crippen LogP contribution in [0.5, 0.6) is 0 Å². The van der Waals surface area contributed by atoms with Gasteiger partial charge < -0.3 is 10.2 Å². The summed E-state index contributed by atoms with van der Waals surface area (Å²) in [5.74, 6) is 1.66. The number of carbonyl (C=O) groups is 2. The highest BCUT2D eigenvalue weighted by Crippen LogP contribution is 2.19. The smallest absolute Gasteiger partial charge is 0.232 e. The SMILES string of the molecule is C=CCSCC(=O)N1CCC[C@H](C(=O)Nc2cccc(C)n2)C1. The molecule has 1 atom stereocenters. The Bertz CT molecular complexity index is 577. The van der Waals surface area contributed by atoms with Crippen molar-refractivity contribution in [1.29, 1.82) is 0 Å². The lowest BCUT2D eigenvalue weighted by Gasteiger charge is -2.32. The number of amides is 2. The van der Waals surface area contributed by atoms with Gasteiger partial charge in [0.05, 0.1) is 11.7 Å². The molecule has 1 aromatic heterocycles. The molecule has 0 bridgehead atoms. The van der Waals surface area contributed by atoms with Crippen molar-refractivity contribution < 1.29 is 9.59 Å². The number of piperidine rings is 1. The summed E-state index contributed by atoms with van der Waals surface area (Å²) in [7, 11) is 0. The van der Waals surface area contributed by atoms with E-state index < -0.39 is 0 Å². The van der Waals surface area contributed by atoms with Crippen LogP contribution in [0, 0.1) is 12.8 Å². The molecule has 2 rings (SSSR count). The van der Waals surface area contributed by atoms with Gasteiger partial charge in [0.2, 0.25) is 11.8 Å². The predicted octanol–water partition coefficient (Wildman–Crippen LogP) is 2.49. The van der Waals surface area contributed by atoms with Gasteiger partial charge in [0.25, 0.3) is 0 Å². The number of thioether (sulfide) groups is 1. The fourth-order valence-electron chi connectivity index (χ4n) is 2.58. The van der Waals surface area contributed by atoms with Crippen LogP contribution in [-0.2, 0) is 9.59 Å². The van der Waals surface area contributed by atoms with E-state index in [4.69, 9.17) is 0 Å². The summed E-state index contributed by atoms with van der Waals surface area (Å²) in [6, 6.07) is 5.53. The average molecular weight is 333 g/mol. The molecule has 1 saturated heterocycles. The molecule has 2 heterocycles. The molecule has 1 fully saturated rings. The first kappa shape index (κ1) is 17.5. The molecular formula is C17H23N3O2S. The number of hydrogen-bond donors (Lipinski definition) is 1. The summed E-state index contributed by atoms with van der Waals surface area (Å²) in [5, 5.41) is 2.86. The Labute approximate surface area is 141 Å². The van der Waals surface area contributed by atoms with Gasteiger partial charge in [0.15, 0.2) is 0 Å². The maximum absolute atomic E-state index is 12.4. The number of anilines is 1. The quantitative estimate of drug-likeness (QED) is 0.642. The third-order valence-corrected chi connectivity index (χ3v) is 4.67. The van der Waals surface area contributed by atoms with Crippen LogP contribution >= 0.6 is 11.8 Å². The largest absolute Gasteiger partial charge is 0.341 e. The maximum Gasteiger partial charge on any atom is 0.232 e. The molecule has 124 valence electrons. The lowest BCUT2D eigenvalue weighted by atomic mass is 9.97. The molecule has 1 aromatic rings. The summed E-state index contributed by atoms with van der Waals surface area (Å²) >= 11 is 1.55. The number of rotatable bonds is 6. The molecule has 0 unspecified atom stereocenters. The van der Waals surface area contributed by atoms with E-state index in [1.165, 1.54) is 0 Å². The molecule has 0 spiro atoms. The van der Waals surface area contributed by atoms with Crippen molar-refractivity contribution in [2.24, 2.45) is 5.92 Å². The Balaban J connectivity index is 1.88. The molecule has 0 radical (unpaired) electrons. The van der Waals surface area contributed by atoms with Gasteiger partial charge in [-0.3, -0.25) is 9.59 Å². The first-order valence-corrected chi connectivity index (χ1v) is 8.96. The zero-order valence-electron chi connectivity index (χ0n) is 13.5. The summed E-state index contributed by atoms with van der Waals surface area (Å²) in [4.78, 5) is 30.7. The van der Waals surface area contributed by atoms with Crippen LogP contribution in [0.4, 0.5) is 5.82 Å². The van der Waals surface area contributed by atoms with Gasteiger partial charge in [-0.05, 0) is 31.9 Å². The van der Waals surface area contributed by atoms with Gasteiger partial charge in [0.1, 0.15) is 5.82 Å². The second-order valence-electron chi connectivity index (χ2n) is 5.64. The van der Waals surface area contributed by atoms with Gasteiger partial charge >= 0.3 is 0 Å². The Morgan fingerprint density at radius 2 is 2.35 bits per heavy atom. The highest BCUT2D eigenvalue weighted by molar-refractivity contribution is 8.00. The minimum atomic E-state index is -0.167. The van der Waals surface area contributed by atoms with Crippen molar-refractivity contribution in [1.82, 2.24) is 9.88 Å². The molecule has 6 heteroatoms. The highest BCUT2D eigenvalue weighted by atomic mass is 32.2. The minimum Gasteiger partial charge on any atom is -0.341 e. The number of nitrogens with one attached hydrogen (secondary N) is 1. The first-order valence-electron chi connectivity index (χ1n) is 7.81. The standard InChI is InChI=1S/C17H23N3O2S/c1-3-10-23-12-16(21)20-9-5-7-14(11-20)17(22)19-15-8-4-6-13(2)18-15/h3-4,6,8,14H,1,5,7,9-12H2,2H3,(H,18,19,22)/t14-/m0/s1. The molecule has 5 nitrogen and oxygen atoms in total. The summed E-state index contributed by atoms with van der Waals surface area (Å²) in [5.41, 5.74) is 0.863. The Morgan fingerprint density at radius 3 is 3.09 bits per heavy atom. The number of hydrogen-bond acceptors (Lipinski definition) is 4. The van der Waals surface area contributed by atoms with Gasteiger partial charge in [-0.25, -0.2) is 4.98 Å². The van der Waals surface area contributed by atoms with Crippen LogP contribution in [-0.4, -0.2) is 46.3 Å². The van der Waals surface area contributed by atoms with Crippen molar-refractivity contribution in [3.63, 3.8) is 0 Å². The topological polar surface area (TPSA) is 62.3 Å². The van der Waals surface area contributed by atoms with Gasteiger partial charge in [0, 0.05) is 24.5 Å². The Hall–Kier alpha value is -1.82. The van der Waals surface area contributed by atoms with E-state index in [2.05, 4.69) is 16.9 Å². The van der Waals surface area contributed by atoms with Crippen molar-refractivity contribution in [2.45, 2.75) is 19.8 Å². The lowest BCUT2D eigenvalue weighted by molar-refractivity contribution is -0.132. The summed E-state index contributed by atoms with van der Waals surface area (Å²) < 4.78 is 0. The summed E-state index contributed by atoms with van der Waals surface area (Å²) in [6.45, 7) is 6.76. The molecule has 1 aliphatic rings. The number of likely N-dealkylation sites (tertiary alicyclic amines) is 1. The minimum absolute atomic E-state index is 0.0562. The number of nitrogens with zero attached hydrogens (tertiary/aromatic N) is 2. The second kappa shape index (κ2) is 8.72. The van der Waals surface area contributed by atoms with E-state index in [1.54, 1.807) is 28.8 Å². The van der Waals surface area contributed by atoms with Crippen LogP contribution in [0.15, 0.2) is 30.9 Å². The second-order valence-corrected chi connectivity index (χ2v) is 6.67. The molecule has 1 aliphatic heterocycles. The highest BCUT2D eigenvalue weighted by Gasteiger charge is 2.28. The van der Waals surface area contributed by atoms with Crippen LogP contribution in [0.3, 0.4) is 0 Å². The molecular weight excluding hydrogens is 310 g/mol. The molecule has 0 aliphatic carbocycles. The first-order chi connectivity index (χ1) is 11.1. The van der Waals surface area contributed by atoms with E-state index in [1.807, 2.05) is 19.1 Å². The van der Waals surface area contributed by atoms with Crippen LogP contribution in [0.25, 0.3) is 0 Å². The van der Waals surface area contributed by atoms with Crippen LogP contribution in [0.1, 0.15) is 18.5 Å². The molecule has 0 saturated carbocycles. The fraction of sp³-hybridized carbons (Fsp3) is 0.471. The lowest BCUT2D eigenvalue weighted by Crippen LogP contribution is -2.44. The Morgan fingerprint density at radius 1 is 1.52 bits per heavy atom. The van der Waals surface area contributed by atoms with Gasteiger partial charge in [-0.15, -0.1) is 18.3 Å².